The largest absolute Gasteiger partial charge is 0.390 e. The molecule has 0 aliphatic carbocycles. The van der Waals surface area contributed by atoms with Crippen molar-refractivity contribution in [3.63, 3.8) is 0 Å². The summed E-state index contributed by atoms with van der Waals surface area (Å²) in [6.07, 6.45) is 13.8. The summed E-state index contributed by atoms with van der Waals surface area (Å²) in [6.45, 7) is 20.1. The average molecular weight is 313 g/mol. The Bertz CT molecular complexity index is 518. The van der Waals surface area contributed by atoms with E-state index < -0.39 is 0 Å². The minimum absolute atomic E-state index is 0.219. The highest BCUT2D eigenvalue weighted by Crippen LogP contribution is 2.14. The van der Waals surface area contributed by atoms with Crippen molar-refractivity contribution in [3.05, 3.63) is 85.3 Å². The van der Waals surface area contributed by atoms with E-state index >= 15 is 0 Å². The summed E-state index contributed by atoms with van der Waals surface area (Å²) >= 11 is 0. The molecule has 0 saturated heterocycles. The van der Waals surface area contributed by atoms with Crippen molar-refractivity contribution in [3.8, 4) is 0 Å². The van der Waals surface area contributed by atoms with Gasteiger partial charge in [0.1, 0.15) is 0 Å². The van der Waals surface area contributed by atoms with Crippen LogP contribution in [-0.4, -0.2) is 25.0 Å². The maximum Gasteiger partial charge on any atom is 0.0647 e. The van der Waals surface area contributed by atoms with Gasteiger partial charge in [-0.2, -0.15) is 0 Å². The van der Waals surface area contributed by atoms with Crippen LogP contribution in [0.3, 0.4) is 0 Å². The summed E-state index contributed by atoms with van der Waals surface area (Å²) in [6, 6.07) is 0.219. The SMILES string of the molecule is C=CC(/C=C\C(=C)C/C=C\CC(=C)N(C)C(C)C(=C)NC)=C/C. The smallest absolute Gasteiger partial charge is 0.0647 e. The minimum atomic E-state index is 0.219. The van der Waals surface area contributed by atoms with Gasteiger partial charge in [-0.3, -0.25) is 0 Å². The highest BCUT2D eigenvalue weighted by molar-refractivity contribution is 5.33. The Hall–Kier alpha value is -2.22. The van der Waals surface area contributed by atoms with Gasteiger partial charge in [0.05, 0.1) is 6.04 Å². The maximum atomic E-state index is 4.14. The third-order valence-electron chi connectivity index (χ3n) is 3.89. The van der Waals surface area contributed by atoms with Gasteiger partial charge in [-0.15, -0.1) is 0 Å². The molecule has 0 spiro atoms. The van der Waals surface area contributed by atoms with Gasteiger partial charge in [-0.05, 0) is 25.8 Å². The quantitative estimate of drug-likeness (QED) is 0.420. The normalized spacial score (nSPS) is 13.1. The van der Waals surface area contributed by atoms with E-state index in [-0.39, 0.29) is 6.04 Å². The fourth-order valence-electron chi connectivity index (χ4n) is 1.88. The number of allylic oxidation sites excluding steroid dienone is 8. The molecule has 1 N–H and O–H groups in total. The molecule has 0 aliphatic heterocycles. The number of rotatable bonds is 11. The first-order valence-corrected chi connectivity index (χ1v) is 7.94. The molecule has 23 heavy (non-hydrogen) atoms. The zero-order chi connectivity index (χ0) is 17.8. The lowest BCUT2D eigenvalue weighted by Crippen LogP contribution is -2.33. The Kier molecular flexibility index (Phi) is 10.3. The van der Waals surface area contributed by atoms with E-state index in [0.29, 0.717) is 0 Å². The Morgan fingerprint density at radius 3 is 2.26 bits per heavy atom. The van der Waals surface area contributed by atoms with Crippen molar-refractivity contribution < 1.29 is 0 Å². The second-order valence-corrected chi connectivity index (χ2v) is 5.49. The Labute approximate surface area is 143 Å². The molecule has 0 aromatic heterocycles. The van der Waals surface area contributed by atoms with Crippen LogP contribution in [0.25, 0.3) is 0 Å². The number of nitrogens with one attached hydrogen (secondary N) is 1. The molecule has 1 atom stereocenters. The van der Waals surface area contributed by atoms with Gasteiger partial charge in [0, 0.05) is 31.9 Å². The molecule has 126 valence electrons. The van der Waals surface area contributed by atoms with Crippen LogP contribution in [0.15, 0.2) is 85.3 Å². The number of hydrogen-bond donors (Lipinski definition) is 1. The summed E-state index contributed by atoms with van der Waals surface area (Å²) < 4.78 is 0. The zero-order valence-electron chi connectivity index (χ0n) is 15.2. The first kappa shape index (κ1) is 20.8. The predicted molar refractivity (Wildman–Crippen MR) is 105 cm³/mol. The lowest BCUT2D eigenvalue weighted by atomic mass is 10.1. The van der Waals surface area contributed by atoms with E-state index in [2.05, 4.69) is 55.6 Å². The molecule has 0 aromatic carbocycles. The molecule has 0 aliphatic rings. The van der Waals surface area contributed by atoms with E-state index in [9.17, 15) is 0 Å². The van der Waals surface area contributed by atoms with Crippen molar-refractivity contribution in [1.29, 1.82) is 0 Å². The van der Waals surface area contributed by atoms with Gasteiger partial charge < -0.3 is 10.2 Å². The molecule has 0 radical (unpaired) electrons. The molecule has 0 aromatic rings. The molecule has 2 heteroatoms. The summed E-state index contributed by atoms with van der Waals surface area (Å²) in [5.41, 5.74) is 4.22. The second kappa shape index (κ2) is 11.4. The van der Waals surface area contributed by atoms with Gasteiger partial charge >= 0.3 is 0 Å². The van der Waals surface area contributed by atoms with Gasteiger partial charge in [-0.25, -0.2) is 0 Å². The molecular formula is C21H32N2. The lowest BCUT2D eigenvalue weighted by molar-refractivity contribution is 0.346. The van der Waals surface area contributed by atoms with Crippen LogP contribution < -0.4 is 5.32 Å². The molecule has 1 unspecified atom stereocenters. The highest BCUT2D eigenvalue weighted by atomic mass is 15.2. The van der Waals surface area contributed by atoms with Crippen LogP contribution in [0.2, 0.25) is 0 Å². The molecule has 0 saturated carbocycles. The van der Waals surface area contributed by atoms with Crippen LogP contribution in [-0.2, 0) is 0 Å². The van der Waals surface area contributed by atoms with Gasteiger partial charge in [-0.1, -0.05) is 68.3 Å². The third kappa shape index (κ3) is 8.10. The summed E-state index contributed by atoms with van der Waals surface area (Å²) in [5.74, 6) is 0. The number of hydrogen-bond acceptors (Lipinski definition) is 2. The van der Waals surface area contributed by atoms with E-state index in [1.165, 1.54) is 0 Å². The number of nitrogens with zero attached hydrogens (tertiary/aromatic N) is 1. The molecule has 0 bridgehead atoms. The molecular weight excluding hydrogens is 280 g/mol. The summed E-state index contributed by atoms with van der Waals surface area (Å²) in [5, 5.41) is 3.09. The standard InChI is InChI=1S/C21H32N2/c1-9-21(10-2)16-15-17(3)13-11-12-14-18(4)23(8)20(6)19(5)22-7/h9-12,15-16,20,22H,1,3-5,13-14H2,2,6-8H3/b12-11-,16-15-,21-10-. The summed E-state index contributed by atoms with van der Waals surface area (Å²) in [7, 11) is 3.93. The third-order valence-corrected chi connectivity index (χ3v) is 3.89. The second-order valence-electron chi connectivity index (χ2n) is 5.49. The van der Waals surface area contributed by atoms with Crippen LogP contribution in [0.5, 0.6) is 0 Å². The van der Waals surface area contributed by atoms with Crippen LogP contribution in [0, 0.1) is 0 Å². The Morgan fingerprint density at radius 1 is 1.13 bits per heavy atom. The average Bonchev–Trinajstić information content (AvgIpc) is 2.57. The van der Waals surface area contributed by atoms with Crippen molar-refractivity contribution in [2.24, 2.45) is 0 Å². The maximum absolute atomic E-state index is 4.14. The molecule has 2 nitrogen and oxygen atoms in total. The monoisotopic (exact) mass is 312 g/mol. The van der Waals surface area contributed by atoms with E-state index in [1.807, 2.05) is 45.3 Å². The van der Waals surface area contributed by atoms with Gasteiger partial charge in [0.25, 0.3) is 0 Å². The van der Waals surface area contributed by atoms with Crippen molar-refractivity contribution in [1.82, 2.24) is 10.2 Å². The zero-order valence-corrected chi connectivity index (χ0v) is 15.2. The van der Waals surface area contributed by atoms with E-state index in [4.69, 9.17) is 0 Å². The van der Waals surface area contributed by atoms with Crippen molar-refractivity contribution in [2.75, 3.05) is 14.1 Å². The molecule has 0 fully saturated rings. The Morgan fingerprint density at radius 2 is 1.74 bits per heavy atom. The molecule has 0 heterocycles. The minimum Gasteiger partial charge on any atom is -0.390 e. The topological polar surface area (TPSA) is 15.3 Å². The van der Waals surface area contributed by atoms with Crippen molar-refractivity contribution in [2.45, 2.75) is 32.7 Å². The Balaban J connectivity index is 4.34. The van der Waals surface area contributed by atoms with E-state index in [0.717, 1.165) is 35.4 Å². The van der Waals surface area contributed by atoms with Crippen LogP contribution in [0.4, 0.5) is 0 Å². The van der Waals surface area contributed by atoms with Gasteiger partial charge in [0.2, 0.25) is 0 Å². The first-order valence-electron chi connectivity index (χ1n) is 7.94. The van der Waals surface area contributed by atoms with Crippen LogP contribution >= 0.6 is 0 Å². The first-order chi connectivity index (χ1) is 10.9. The predicted octanol–water partition coefficient (Wildman–Crippen LogP) is 5.13. The lowest BCUT2D eigenvalue weighted by Gasteiger charge is -2.29. The highest BCUT2D eigenvalue weighted by Gasteiger charge is 2.12. The molecule has 0 rings (SSSR count). The van der Waals surface area contributed by atoms with Gasteiger partial charge in [0.15, 0.2) is 0 Å². The number of likely N-dealkylation sites (N-methyl/N-ethyl adjacent to an activating group) is 2. The van der Waals surface area contributed by atoms with Crippen molar-refractivity contribution >= 4 is 0 Å². The fourth-order valence-corrected chi connectivity index (χ4v) is 1.88. The fraction of sp³-hybridized carbons (Fsp3) is 0.333. The van der Waals surface area contributed by atoms with Crippen LogP contribution in [0.1, 0.15) is 26.7 Å². The van der Waals surface area contributed by atoms with E-state index in [1.54, 1.807) is 0 Å². The summed E-state index contributed by atoms with van der Waals surface area (Å²) in [4.78, 5) is 2.14. The molecule has 0 amide bonds.